The smallest absolute Gasteiger partial charge is 0.419 e. The summed E-state index contributed by atoms with van der Waals surface area (Å²) in [5.41, 5.74) is -5.27. The van der Waals surface area contributed by atoms with E-state index in [1.54, 1.807) is 48.5 Å². The standard InChI is InChI=1S/C52H46F12O4/c1-4-65-41-24-22-39(47(55)49(41)57)37-20-14-33(43(45(37)53)51(59,60)61)12-6-31-8-16-35(17-9-31)67-28-26-30(3)27-29-68-36-18-10-32(11-19-36)7-13-34-15-21-38(46(54)44(34)52(62,63)64)40-23-25-42(66-5-2)50(58)48(40)56/h8-11,14-25,30H,4-7,12-13,26-29H2,1-3H3. The van der Waals surface area contributed by atoms with Crippen LogP contribution in [0.3, 0.4) is 0 Å². The number of halogens is 12. The van der Waals surface area contributed by atoms with Gasteiger partial charge in [-0.15, -0.1) is 0 Å². The lowest BCUT2D eigenvalue weighted by Gasteiger charge is -2.17. The van der Waals surface area contributed by atoms with Crippen molar-refractivity contribution in [2.75, 3.05) is 26.4 Å². The Morgan fingerprint density at radius 1 is 0.397 bits per heavy atom. The summed E-state index contributed by atoms with van der Waals surface area (Å²) in [5.74, 6) is -8.98. The second kappa shape index (κ2) is 22.2. The topological polar surface area (TPSA) is 36.9 Å². The molecule has 0 saturated carbocycles. The molecule has 0 atom stereocenters. The van der Waals surface area contributed by atoms with Crippen molar-refractivity contribution in [1.29, 1.82) is 0 Å². The maximum Gasteiger partial charge on any atom is 0.419 e. The highest BCUT2D eigenvalue weighted by Crippen LogP contribution is 2.42. The minimum atomic E-state index is -5.11. The van der Waals surface area contributed by atoms with Crippen molar-refractivity contribution < 1.29 is 71.6 Å². The zero-order chi connectivity index (χ0) is 49.3. The zero-order valence-corrected chi connectivity index (χ0v) is 37.1. The first kappa shape index (κ1) is 51.1. The first-order chi connectivity index (χ1) is 32.3. The van der Waals surface area contributed by atoms with Crippen LogP contribution < -0.4 is 18.9 Å². The van der Waals surface area contributed by atoms with Gasteiger partial charge < -0.3 is 18.9 Å². The molecule has 0 radical (unpaired) electrons. The molecule has 0 fully saturated rings. The van der Waals surface area contributed by atoms with Crippen LogP contribution in [0.4, 0.5) is 52.7 Å². The van der Waals surface area contributed by atoms with Gasteiger partial charge in [0, 0.05) is 22.3 Å². The Bertz CT molecular complexity index is 2480. The summed E-state index contributed by atoms with van der Waals surface area (Å²) < 4.78 is 196. The average molecular weight is 963 g/mol. The van der Waals surface area contributed by atoms with Crippen LogP contribution in [0.5, 0.6) is 23.0 Å². The van der Waals surface area contributed by atoms with Crippen LogP contribution >= 0.6 is 0 Å². The van der Waals surface area contributed by atoms with E-state index >= 15 is 8.78 Å². The Labute approximate surface area is 385 Å². The number of benzene rings is 6. The molecule has 0 amide bonds. The first-order valence-corrected chi connectivity index (χ1v) is 21.7. The summed E-state index contributed by atoms with van der Waals surface area (Å²) >= 11 is 0. The van der Waals surface area contributed by atoms with E-state index in [0.717, 1.165) is 48.5 Å². The van der Waals surface area contributed by atoms with E-state index in [1.165, 1.54) is 13.8 Å². The molecular weight excluding hydrogens is 917 g/mol. The molecule has 16 heteroatoms. The Hall–Kier alpha value is -6.32. The van der Waals surface area contributed by atoms with Gasteiger partial charge in [-0.2, -0.15) is 35.1 Å². The minimum absolute atomic E-state index is 0.0160. The van der Waals surface area contributed by atoms with Gasteiger partial charge >= 0.3 is 12.4 Å². The Morgan fingerprint density at radius 3 is 1.07 bits per heavy atom. The molecule has 0 unspecified atom stereocenters. The maximum absolute atomic E-state index is 15.5. The van der Waals surface area contributed by atoms with Crippen molar-refractivity contribution >= 4 is 0 Å². The number of alkyl halides is 6. The fraction of sp³-hybridized carbons (Fsp3) is 0.308. The van der Waals surface area contributed by atoms with Gasteiger partial charge in [0.2, 0.25) is 11.6 Å². The van der Waals surface area contributed by atoms with Crippen molar-refractivity contribution in [1.82, 2.24) is 0 Å². The SMILES string of the molecule is CCOc1ccc(-c2ccc(CCc3ccc(OCCC(C)CCOc4ccc(CCc5ccc(-c6ccc(OCC)c(F)c6F)c(F)c5C(F)(F)F)cc4)cc3)c(C(F)(F)F)c2F)c(F)c1F. The number of rotatable bonds is 20. The molecule has 4 nitrogen and oxygen atoms in total. The highest BCUT2D eigenvalue weighted by molar-refractivity contribution is 5.69. The van der Waals surface area contributed by atoms with Gasteiger partial charge in [0.15, 0.2) is 23.1 Å². The van der Waals surface area contributed by atoms with Crippen LogP contribution in [0.2, 0.25) is 0 Å². The fourth-order valence-corrected chi connectivity index (χ4v) is 7.65. The van der Waals surface area contributed by atoms with Crippen LogP contribution in [0, 0.1) is 40.8 Å². The van der Waals surface area contributed by atoms with Crippen LogP contribution in [0.15, 0.2) is 97.1 Å². The van der Waals surface area contributed by atoms with Gasteiger partial charge in [-0.05, 0) is 129 Å². The average Bonchev–Trinajstić information content (AvgIpc) is 3.29. The molecule has 0 heterocycles. The fourth-order valence-electron chi connectivity index (χ4n) is 7.65. The first-order valence-electron chi connectivity index (χ1n) is 21.7. The third-order valence-corrected chi connectivity index (χ3v) is 11.3. The van der Waals surface area contributed by atoms with Gasteiger partial charge in [-0.1, -0.05) is 55.5 Å². The van der Waals surface area contributed by atoms with Crippen LogP contribution in [-0.2, 0) is 38.0 Å². The normalized spacial score (nSPS) is 11.9. The second-order valence-corrected chi connectivity index (χ2v) is 15.9. The summed E-state index contributed by atoms with van der Waals surface area (Å²) in [5, 5.41) is 0. The number of hydrogen-bond acceptors (Lipinski definition) is 4. The lowest BCUT2D eigenvalue weighted by molar-refractivity contribution is -0.141. The van der Waals surface area contributed by atoms with Crippen LogP contribution in [-0.4, -0.2) is 26.4 Å². The van der Waals surface area contributed by atoms with E-state index in [-0.39, 0.29) is 55.9 Å². The molecule has 6 aromatic carbocycles. The van der Waals surface area contributed by atoms with Crippen molar-refractivity contribution in [2.45, 2.75) is 71.6 Å². The van der Waals surface area contributed by atoms with Crippen LogP contribution in [0.25, 0.3) is 22.3 Å². The molecule has 0 spiro atoms. The summed E-state index contributed by atoms with van der Waals surface area (Å²) in [6.45, 7) is 5.83. The lowest BCUT2D eigenvalue weighted by atomic mass is 9.93. The van der Waals surface area contributed by atoms with Gasteiger partial charge in [-0.25, -0.2) is 17.6 Å². The molecule has 0 saturated heterocycles. The molecular formula is C52H46F12O4. The highest BCUT2D eigenvalue weighted by atomic mass is 19.4. The summed E-state index contributed by atoms with van der Waals surface area (Å²) in [6, 6.07) is 21.6. The quantitative estimate of drug-likeness (QED) is 0.0715. The van der Waals surface area contributed by atoms with E-state index in [1.807, 2.05) is 6.92 Å². The molecule has 0 bridgehead atoms. The second-order valence-electron chi connectivity index (χ2n) is 15.9. The zero-order valence-electron chi connectivity index (χ0n) is 37.1. The monoisotopic (exact) mass is 962 g/mol. The summed E-state index contributed by atoms with van der Waals surface area (Å²) in [4.78, 5) is 0. The predicted molar refractivity (Wildman–Crippen MR) is 233 cm³/mol. The maximum atomic E-state index is 15.5. The Balaban J connectivity index is 0.955. The van der Waals surface area contributed by atoms with E-state index in [9.17, 15) is 43.9 Å². The molecule has 68 heavy (non-hydrogen) atoms. The molecule has 0 aliphatic heterocycles. The van der Waals surface area contributed by atoms with Gasteiger partial charge in [0.25, 0.3) is 0 Å². The van der Waals surface area contributed by atoms with Crippen molar-refractivity contribution in [3.8, 4) is 45.3 Å². The molecule has 6 rings (SSSR count). The lowest BCUT2D eigenvalue weighted by Crippen LogP contribution is -2.14. The molecule has 6 aromatic rings. The van der Waals surface area contributed by atoms with E-state index in [0.29, 0.717) is 48.7 Å². The third-order valence-electron chi connectivity index (χ3n) is 11.3. The predicted octanol–water partition coefficient (Wildman–Crippen LogP) is 15.1. The summed E-state index contributed by atoms with van der Waals surface area (Å²) in [6.07, 6.45) is -9.05. The van der Waals surface area contributed by atoms with E-state index in [2.05, 4.69) is 0 Å². The van der Waals surface area contributed by atoms with Gasteiger partial charge in [0.1, 0.15) is 23.1 Å². The number of ether oxygens (including phenoxy) is 4. The van der Waals surface area contributed by atoms with E-state index < -0.39 is 92.1 Å². The molecule has 0 aromatic heterocycles. The molecule has 0 aliphatic carbocycles. The van der Waals surface area contributed by atoms with Crippen molar-refractivity contribution in [2.24, 2.45) is 5.92 Å². The molecule has 0 N–H and O–H groups in total. The van der Waals surface area contributed by atoms with Gasteiger partial charge in [-0.3, -0.25) is 0 Å². The molecule has 362 valence electrons. The number of hydrogen-bond donors (Lipinski definition) is 0. The van der Waals surface area contributed by atoms with Gasteiger partial charge in [0.05, 0.1) is 37.6 Å². The minimum Gasteiger partial charge on any atom is -0.494 e. The van der Waals surface area contributed by atoms with Crippen LogP contribution in [0.1, 0.15) is 67.0 Å². The Kier molecular flexibility index (Phi) is 16.7. The van der Waals surface area contributed by atoms with E-state index in [4.69, 9.17) is 18.9 Å². The Morgan fingerprint density at radius 2 is 0.735 bits per heavy atom. The third kappa shape index (κ3) is 12.2. The van der Waals surface area contributed by atoms with Crippen molar-refractivity contribution in [3.63, 3.8) is 0 Å². The highest BCUT2D eigenvalue weighted by Gasteiger charge is 2.40. The molecule has 0 aliphatic rings. The largest absolute Gasteiger partial charge is 0.494 e. The van der Waals surface area contributed by atoms with Crippen molar-refractivity contribution in [3.05, 3.63) is 165 Å². The summed E-state index contributed by atoms with van der Waals surface area (Å²) in [7, 11) is 0. The number of aryl methyl sites for hydroxylation is 4.